The summed E-state index contributed by atoms with van der Waals surface area (Å²) in [5.74, 6) is 4.88. The van der Waals surface area contributed by atoms with Crippen molar-refractivity contribution in [2.24, 2.45) is 0 Å². The van der Waals surface area contributed by atoms with Crippen LogP contribution in [0.1, 0.15) is 24.0 Å². The zero-order valence-electron chi connectivity index (χ0n) is 33.9. The monoisotopic (exact) mass is 1200 g/mol. The summed E-state index contributed by atoms with van der Waals surface area (Å²) in [7, 11) is -1.43. The molecule has 2 nitrogen and oxygen atoms in total. The molecule has 310 valence electrons. The summed E-state index contributed by atoms with van der Waals surface area (Å²) in [4.78, 5) is 0. The Bertz CT molecular complexity index is 2740. The van der Waals surface area contributed by atoms with E-state index in [2.05, 4.69) is 133 Å². The van der Waals surface area contributed by atoms with Gasteiger partial charge in [-0.3, -0.25) is 11.8 Å². The van der Waals surface area contributed by atoms with Crippen molar-refractivity contribution in [2.75, 3.05) is 12.3 Å². The third kappa shape index (κ3) is 11.1. The number of para-hydroxylation sites is 2. The molecule has 8 aromatic carbocycles. The second kappa shape index (κ2) is 23.3. The maximum atomic E-state index is 7.25. The Balaban J connectivity index is 0.000000168. The minimum absolute atomic E-state index is 0. The number of fused-ring (bicyclic) bond motifs is 6. The molecule has 6 heteroatoms. The molecule has 0 aliphatic carbocycles. The van der Waals surface area contributed by atoms with Gasteiger partial charge < -0.3 is 21.7 Å². The molecule has 0 aliphatic heterocycles. The predicted molar refractivity (Wildman–Crippen MR) is 260 cm³/mol. The van der Waals surface area contributed by atoms with Gasteiger partial charge >= 0.3 is 44.8 Å². The van der Waals surface area contributed by atoms with Crippen molar-refractivity contribution in [2.45, 2.75) is 12.8 Å². The molecule has 0 amide bonds. The van der Waals surface area contributed by atoms with Gasteiger partial charge in [-0.05, 0) is 96.4 Å². The van der Waals surface area contributed by atoms with Gasteiger partial charge in [0.15, 0.2) is 0 Å². The Morgan fingerprint density at radius 3 is 0.952 bits per heavy atom. The predicted octanol–water partition coefficient (Wildman–Crippen LogP) is 12.5. The van der Waals surface area contributed by atoms with Gasteiger partial charge in [0.1, 0.15) is 22.3 Å². The number of hydrogen-bond acceptors (Lipinski definition) is 2. The van der Waals surface area contributed by atoms with E-state index in [-0.39, 0.29) is 44.8 Å². The molecule has 0 aliphatic rings. The Morgan fingerprint density at radius 1 is 0.339 bits per heavy atom. The molecule has 0 radical (unpaired) electrons. The molecule has 0 atom stereocenters. The van der Waals surface area contributed by atoms with E-state index >= 15 is 0 Å². The fraction of sp³-hybridized carbons (Fsp3) is 0.0714. The van der Waals surface area contributed by atoms with Crippen LogP contribution in [0.25, 0.3) is 43.9 Å². The molecule has 0 saturated heterocycles. The topological polar surface area (TPSA) is 26.3 Å². The smallest absolute Gasteiger partial charge is 0.458 e. The van der Waals surface area contributed by atoms with E-state index in [1.165, 1.54) is 46.4 Å². The number of furan rings is 2. The van der Waals surface area contributed by atoms with Crippen molar-refractivity contribution >= 4 is 80.9 Å². The normalized spacial score (nSPS) is 10.5. The van der Waals surface area contributed by atoms with E-state index in [4.69, 9.17) is 21.7 Å². The molecular weight excluding hydrogens is 1160 g/mol. The van der Waals surface area contributed by atoms with E-state index in [9.17, 15) is 0 Å². The maximum absolute atomic E-state index is 7.25. The first kappa shape index (κ1) is 46.3. The van der Waals surface area contributed by atoms with Crippen LogP contribution in [0, 0.1) is 24.7 Å². The van der Waals surface area contributed by atoms with E-state index in [0.717, 1.165) is 55.0 Å². The molecule has 2 aromatic heterocycles. The van der Waals surface area contributed by atoms with Gasteiger partial charge in [0.05, 0.1) is 49.4 Å². The number of unbranched alkanes of at least 4 members (excludes halogenated alkanes) is 1. The van der Waals surface area contributed by atoms with Crippen LogP contribution in [0.5, 0.6) is 0 Å². The average Bonchev–Trinajstić information content (AvgIpc) is 3.91. The van der Waals surface area contributed by atoms with Gasteiger partial charge in [-0.1, -0.05) is 121 Å². The van der Waals surface area contributed by atoms with Crippen LogP contribution in [0.3, 0.4) is 0 Å². The molecule has 10 rings (SSSR count). The van der Waals surface area contributed by atoms with Gasteiger partial charge in [-0.15, -0.1) is 23.3 Å². The van der Waals surface area contributed by atoms with Crippen LogP contribution in [0.4, 0.5) is 0 Å². The fourth-order valence-corrected chi connectivity index (χ4v) is 13.2. The minimum Gasteiger partial charge on any atom is -0.458 e. The minimum atomic E-state index is -0.714. The second-order valence-electron chi connectivity index (χ2n) is 14.4. The van der Waals surface area contributed by atoms with Crippen molar-refractivity contribution in [3.05, 3.63) is 230 Å². The average molecular weight is 1200 g/mol. The van der Waals surface area contributed by atoms with Crippen molar-refractivity contribution in [3.8, 4) is 11.8 Å². The Hall–Kier alpha value is -5.18. The van der Waals surface area contributed by atoms with Gasteiger partial charge in [-0.25, -0.2) is 0 Å². The first-order chi connectivity index (χ1) is 29.7. The summed E-state index contributed by atoms with van der Waals surface area (Å²) in [5.41, 5.74) is 4.89. The van der Waals surface area contributed by atoms with E-state index in [0.29, 0.717) is 0 Å². The zero-order chi connectivity index (χ0) is 40.9. The van der Waals surface area contributed by atoms with Gasteiger partial charge in [0, 0.05) is 10.8 Å². The molecule has 2 heterocycles. The Kier molecular flexibility index (Phi) is 17.4. The summed E-state index contributed by atoms with van der Waals surface area (Å²) >= 11 is 0. The Labute approximate surface area is 398 Å². The molecule has 0 bridgehead atoms. The molecular formula is C56H44Au2O2P2+2. The van der Waals surface area contributed by atoms with Crippen LogP contribution < -0.4 is 21.2 Å². The Morgan fingerprint density at radius 2 is 0.629 bits per heavy atom. The SMILES string of the molecule is [Au+].[Au+].[C-]#Cc1cccc2oc3ccccc3c12.[C-]#Cc1cccc2oc3ccccc3c12.c1ccc([PH+](CCCC[PH+](c2ccccc2)c2ccccc2)c2ccccc2)cc1. The maximum Gasteiger partial charge on any atom is 1.00 e. The van der Waals surface area contributed by atoms with Crippen LogP contribution in [-0.4, -0.2) is 12.3 Å². The largest absolute Gasteiger partial charge is 1.00 e. The first-order valence-electron chi connectivity index (χ1n) is 20.3. The van der Waals surface area contributed by atoms with Crippen molar-refractivity contribution in [1.82, 2.24) is 0 Å². The quantitative estimate of drug-likeness (QED) is 0.0473. The summed E-state index contributed by atoms with van der Waals surface area (Å²) < 4.78 is 11.3. The van der Waals surface area contributed by atoms with Crippen molar-refractivity contribution in [1.29, 1.82) is 0 Å². The zero-order valence-corrected chi connectivity index (χ0v) is 40.2. The number of benzene rings is 8. The fourth-order valence-electron chi connectivity index (χ4n) is 7.83. The van der Waals surface area contributed by atoms with Crippen LogP contribution >= 0.6 is 15.8 Å². The molecule has 0 saturated carbocycles. The molecule has 10 aromatic rings. The standard InChI is InChI=1S/C28H28P2.2C14H7O.2Au/c1-5-15-25(16-6-1)29(26-17-7-2-8-18-26)23-13-14-24-30(27-19-9-3-10-20-27)28-21-11-4-12-22-28;2*1-2-10-6-5-9-13-14(10)11-7-3-4-8-12(11)15-13;;/h1-12,15-22H,13-14,23-24H2;2*3-9H;;/q;2*-1;2*+1/p+2. The second-order valence-corrected chi connectivity index (χ2v) is 19.7. The molecule has 62 heavy (non-hydrogen) atoms. The van der Waals surface area contributed by atoms with Crippen LogP contribution in [0.2, 0.25) is 0 Å². The first-order valence-corrected chi connectivity index (χ1v) is 23.7. The van der Waals surface area contributed by atoms with Crippen molar-refractivity contribution in [3.63, 3.8) is 0 Å². The third-order valence-corrected chi connectivity index (χ3v) is 16.5. The van der Waals surface area contributed by atoms with Gasteiger partial charge in [0.25, 0.3) is 0 Å². The van der Waals surface area contributed by atoms with Gasteiger partial charge in [0.2, 0.25) is 0 Å². The molecule has 0 fully saturated rings. The summed E-state index contributed by atoms with van der Waals surface area (Å²) in [5, 5.41) is 10.2. The van der Waals surface area contributed by atoms with Gasteiger partial charge in [-0.2, -0.15) is 0 Å². The number of rotatable bonds is 9. The van der Waals surface area contributed by atoms with Crippen molar-refractivity contribution < 1.29 is 53.6 Å². The summed E-state index contributed by atoms with van der Waals surface area (Å²) in [6.07, 6.45) is 19.7. The third-order valence-electron chi connectivity index (χ3n) is 10.7. The number of hydrogen-bond donors (Lipinski definition) is 0. The van der Waals surface area contributed by atoms with E-state index in [1.807, 2.05) is 84.9 Å². The summed E-state index contributed by atoms with van der Waals surface area (Å²) in [6, 6.07) is 71.6. The van der Waals surface area contributed by atoms with E-state index < -0.39 is 15.8 Å². The molecule has 0 N–H and O–H groups in total. The van der Waals surface area contributed by atoms with Crippen LogP contribution in [-0.2, 0) is 44.8 Å². The summed E-state index contributed by atoms with van der Waals surface area (Å²) in [6.45, 7) is 0. The molecule has 0 unspecified atom stereocenters. The van der Waals surface area contributed by atoms with E-state index in [1.54, 1.807) is 0 Å². The van der Waals surface area contributed by atoms with Crippen LogP contribution in [0.15, 0.2) is 215 Å². The molecule has 0 spiro atoms.